The summed E-state index contributed by atoms with van der Waals surface area (Å²) in [5.74, 6) is -0.0269. The molecular weight excluding hydrogens is 229 g/mol. The highest BCUT2D eigenvalue weighted by molar-refractivity contribution is 5.36. The van der Waals surface area contributed by atoms with Crippen LogP contribution < -0.4 is 10.5 Å². The zero-order valence-electron chi connectivity index (χ0n) is 11.4. The Kier molecular flexibility index (Phi) is 3.37. The van der Waals surface area contributed by atoms with Crippen molar-refractivity contribution in [3.8, 4) is 5.75 Å². The molecule has 0 radical (unpaired) electrons. The van der Waals surface area contributed by atoms with Crippen molar-refractivity contribution >= 4 is 0 Å². The average molecular weight is 251 g/mol. The normalized spacial score (nSPS) is 26.9. The van der Waals surface area contributed by atoms with E-state index >= 15 is 0 Å². The molecule has 1 aliphatic carbocycles. The van der Waals surface area contributed by atoms with E-state index in [-0.39, 0.29) is 17.0 Å². The predicted octanol–water partition coefficient (Wildman–Crippen LogP) is 3.59. The fourth-order valence-electron chi connectivity index (χ4n) is 3.20. The second-order valence-corrected chi connectivity index (χ2v) is 6.17. The van der Waals surface area contributed by atoms with E-state index in [9.17, 15) is 4.39 Å². The second-order valence-electron chi connectivity index (χ2n) is 6.17. The number of methoxy groups -OCH3 is 1. The molecule has 1 unspecified atom stereocenters. The summed E-state index contributed by atoms with van der Waals surface area (Å²) >= 11 is 0. The number of benzene rings is 1. The Morgan fingerprint density at radius 2 is 2.00 bits per heavy atom. The smallest absolute Gasteiger partial charge is 0.170 e. The van der Waals surface area contributed by atoms with Gasteiger partial charge in [0.15, 0.2) is 11.6 Å². The summed E-state index contributed by atoms with van der Waals surface area (Å²) in [4.78, 5) is 0. The summed E-state index contributed by atoms with van der Waals surface area (Å²) in [7, 11) is 1.48. The first-order chi connectivity index (χ1) is 8.38. The Morgan fingerprint density at radius 1 is 1.28 bits per heavy atom. The number of halogens is 1. The highest BCUT2D eigenvalue weighted by Gasteiger charge is 2.40. The maximum Gasteiger partial charge on any atom is 0.170 e. The van der Waals surface area contributed by atoms with Crippen LogP contribution >= 0.6 is 0 Å². The van der Waals surface area contributed by atoms with Crippen molar-refractivity contribution in [2.24, 2.45) is 11.1 Å². The topological polar surface area (TPSA) is 35.2 Å². The van der Waals surface area contributed by atoms with Crippen molar-refractivity contribution in [2.45, 2.75) is 45.1 Å². The van der Waals surface area contributed by atoms with Crippen LogP contribution in [0.5, 0.6) is 5.75 Å². The number of hydrogen-bond donors (Lipinski definition) is 1. The minimum Gasteiger partial charge on any atom is -0.494 e. The zero-order valence-corrected chi connectivity index (χ0v) is 11.4. The molecule has 100 valence electrons. The Morgan fingerprint density at radius 3 is 2.61 bits per heavy atom. The highest BCUT2D eigenvalue weighted by Crippen LogP contribution is 2.46. The van der Waals surface area contributed by atoms with E-state index in [0.717, 1.165) is 25.7 Å². The molecule has 0 saturated heterocycles. The number of ether oxygens (including phenoxy) is 1. The third-order valence-corrected chi connectivity index (χ3v) is 3.99. The van der Waals surface area contributed by atoms with E-state index in [0.29, 0.717) is 5.56 Å². The molecule has 1 aliphatic rings. The van der Waals surface area contributed by atoms with E-state index < -0.39 is 5.54 Å². The monoisotopic (exact) mass is 251 g/mol. The molecule has 3 heteroatoms. The van der Waals surface area contributed by atoms with Crippen LogP contribution in [0.4, 0.5) is 4.39 Å². The van der Waals surface area contributed by atoms with Gasteiger partial charge in [0, 0.05) is 11.1 Å². The van der Waals surface area contributed by atoms with Gasteiger partial charge in [0.05, 0.1) is 7.11 Å². The van der Waals surface area contributed by atoms with Crippen molar-refractivity contribution in [1.82, 2.24) is 0 Å². The summed E-state index contributed by atoms with van der Waals surface area (Å²) in [6.07, 6.45) is 3.84. The maximum absolute atomic E-state index is 14.3. The van der Waals surface area contributed by atoms with Crippen LogP contribution in [0.3, 0.4) is 0 Å². The van der Waals surface area contributed by atoms with Crippen molar-refractivity contribution in [1.29, 1.82) is 0 Å². The fourth-order valence-corrected chi connectivity index (χ4v) is 3.20. The Balaban J connectivity index is 2.41. The molecule has 0 aliphatic heterocycles. The lowest BCUT2D eigenvalue weighted by molar-refractivity contribution is 0.147. The molecule has 1 saturated carbocycles. The molecule has 2 N–H and O–H groups in total. The third-order valence-electron chi connectivity index (χ3n) is 3.99. The molecule has 0 aromatic heterocycles. The summed E-state index contributed by atoms with van der Waals surface area (Å²) in [5.41, 5.74) is 6.68. The van der Waals surface area contributed by atoms with Crippen molar-refractivity contribution in [2.75, 3.05) is 7.11 Å². The van der Waals surface area contributed by atoms with Gasteiger partial charge in [-0.1, -0.05) is 32.4 Å². The van der Waals surface area contributed by atoms with Gasteiger partial charge in [0.2, 0.25) is 0 Å². The third kappa shape index (κ3) is 2.37. The van der Waals surface area contributed by atoms with Crippen LogP contribution in [-0.4, -0.2) is 7.11 Å². The molecule has 1 aromatic rings. The SMILES string of the molecule is COc1cccc(C2(N)CCCC(C)(C)C2)c1F. The molecule has 1 fully saturated rings. The van der Waals surface area contributed by atoms with Gasteiger partial charge < -0.3 is 10.5 Å². The fraction of sp³-hybridized carbons (Fsp3) is 0.600. The van der Waals surface area contributed by atoms with Gasteiger partial charge in [-0.25, -0.2) is 4.39 Å². The molecule has 2 rings (SSSR count). The molecule has 1 aromatic carbocycles. The Hall–Kier alpha value is -1.09. The van der Waals surface area contributed by atoms with E-state index in [4.69, 9.17) is 10.5 Å². The minimum atomic E-state index is -0.569. The van der Waals surface area contributed by atoms with E-state index in [1.54, 1.807) is 12.1 Å². The molecule has 0 heterocycles. The number of hydrogen-bond acceptors (Lipinski definition) is 2. The van der Waals surface area contributed by atoms with Gasteiger partial charge in [0.25, 0.3) is 0 Å². The molecular formula is C15H22FNO. The van der Waals surface area contributed by atoms with Gasteiger partial charge in [-0.2, -0.15) is 0 Å². The first kappa shape index (κ1) is 13.3. The summed E-state index contributed by atoms with van der Waals surface area (Å²) in [5, 5.41) is 0. The van der Waals surface area contributed by atoms with Gasteiger partial charge in [-0.05, 0) is 30.7 Å². The highest BCUT2D eigenvalue weighted by atomic mass is 19.1. The Bertz CT molecular complexity index is 444. The lowest BCUT2D eigenvalue weighted by Crippen LogP contribution is -2.44. The van der Waals surface area contributed by atoms with E-state index in [1.165, 1.54) is 7.11 Å². The van der Waals surface area contributed by atoms with Gasteiger partial charge in [-0.3, -0.25) is 0 Å². The molecule has 0 spiro atoms. The lowest BCUT2D eigenvalue weighted by Gasteiger charge is -2.43. The molecule has 2 nitrogen and oxygen atoms in total. The molecule has 18 heavy (non-hydrogen) atoms. The van der Waals surface area contributed by atoms with Crippen molar-refractivity contribution in [3.63, 3.8) is 0 Å². The van der Waals surface area contributed by atoms with Crippen LogP contribution in [0.25, 0.3) is 0 Å². The first-order valence-corrected chi connectivity index (χ1v) is 6.50. The zero-order chi connectivity index (χ0) is 13.4. The van der Waals surface area contributed by atoms with E-state index in [1.807, 2.05) is 6.07 Å². The standard InChI is InChI=1S/C15H22FNO/c1-14(2)8-5-9-15(17,10-14)11-6-4-7-12(18-3)13(11)16/h4,6-7H,5,8-10,17H2,1-3H3. The average Bonchev–Trinajstić information content (AvgIpc) is 2.27. The van der Waals surface area contributed by atoms with Crippen molar-refractivity contribution in [3.05, 3.63) is 29.6 Å². The van der Waals surface area contributed by atoms with Gasteiger partial charge >= 0.3 is 0 Å². The minimum absolute atomic E-state index is 0.169. The predicted molar refractivity (Wildman–Crippen MR) is 71.1 cm³/mol. The van der Waals surface area contributed by atoms with Crippen LogP contribution in [0.15, 0.2) is 18.2 Å². The Labute approximate surface area is 108 Å². The maximum atomic E-state index is 14.3. The van der Waals surface area contributed by atoms with Gasteiger partial charge in [0.1, 0.15) is 0 Å². The molecule has 0 bridgehead atoms. The van der Waals surface area contributed by atoms with Crippen LogP contribution in [0.1, 0.15) is 45.1 Å². The largest absolute Gasteiger partial charge is 0.494 e. The lowest BCUT2D eigenvalue weighted by atomic mass is 9.66. The van der Waals surface area contributed by atoms with E-state index in [2.05, 4.69) is 13.8 Å². The first-order valence-electron chi connectivity index (χ1n) is 6.50. The van der Waals surface area contributed by atoms with Crippen LogP contribution in [0, 0.1) is 11.2 Å². The van der Waals surface area contributed by atoms with Crippen LogP contribution in [-0.2, 0) is 5.54 Å². The molecule has 1 atom stereocenters. The van der Waals surface area contributed by atoms with Crippen LogP contribution in [0.2, 0.25) is 0 Å². The molecule has 0 amide bonds. The summed E-state index contributed by atoms with van der Waals surface area (Å²) < 4.78 is 19.4. The summed E-state index contributed by atoms with van der Waals surface area (Å²) in [6, 6.07) is 5.24. The van der Waals surface area contributed by atoms with Crippen molar-refractivity contribution < 1.29 is 9.13 Å². The number of rotatable bonds is 2. The second kappa shape index (κ2) is 4.54. The van der Waals surface area contributed by atoms with Gasteiger partial charge in [-0.15, -0.1) is 0 Å². The summed E-state index contributed by atoms with van der Waals surface area (Å²) in [6.45, 7) is 4.40. The number of nitrogens with two attached hydrogens (primary N) is 1. The quantitative estimate of drug-likeness (QED) is 0.871.